The number of fused-ring (bicyclic) bond motifs is 9. The first-order chi connectivity index (χ1) is 24.3. The molecule has 1 aliphatic heterocycles. The summed E-state index contributed by atoms with van der Waals surface area (Å²) >= 11 is 0. The molecule has 1 heteroatoms. The van der Waals surface area contributed by atoms with E-state index in [-0.39, 0.29) is 0 Å². The van der Waals surface area contributed by atoms with Gasteiger partial charge in [-0.3, -0.25) is 0 Å². The van der Waals surface area contributed by atoms with E-state index in [0.717, 1.165) is 17.1 Å². The maximum Gasteiger partial charge on any atom is 0.135 e. The minimum Gasteiger partial charge on any atom is -0.456 e. The van der Waals surface area contributed by atoms with Crippen molar-refractivity contribution in [3.63, 3.8) is 0 Å². The molecule has 226 valence electrons. The standard InChI is InChI=1S/C48H28O/c1-2-14-33-29(11-1)23-24-31-28-42(34-15-3-4-16-35(34)45(31)33)48-38-19-7-5-17-36(38)46(37-18-6-8-20-39(37)48)32-25-26-43-41(27-32)40-21-9-12-30-13-10-22-44(49-43)47(30)40/h1-28H. The highest BCUT2D eigenvalue weighted by Crippen LogP contribution is 2.51. The summed E-state index contributed by atoms with van der Waals surface area (Å²) in [5.41, 5.74) is 7.33. The molecule has 1 aliphatic rings. The Morgan fingerprint density at radius 1 is 0.286 bits per heavy atom. The van der Waals surface area contributed by atoms with Crippen LogP contribution in [0.1, 0.15) is 0 Å². The highest BCUT2D eigenvalue weighted by atomic mass is 16.5. The van der Waals surface area contributed by atoms with Crippen LogP contribution in [0.15, 0.2) is 170 Å². The smallest absolute Gasteiger partial charge is 0.135 e. The molecule has 0 saturated carbocycles. The zero-order valence-electron chi connectivity index (χ0n) is 26.6. The average Bonchev–Trinajstić information content (AvgIpc) is 3.16. The number of ether oxygens (including phenoxy) is 1. The topological polar surface area (TPSA) is 9.23 Å². The molecule has 0 saturated heterocycles. The average molecular weight is 621 g/mol. The van der Waals surface area contributed by atoms with Gasteiger partial charge in [0.15, 0.2) is 0 Å². The van der Waals surface area contributed by atoms with Crippen molar-refractivity contribution < 1.29 is 4.74 Å². The third-order valence-corrected chi connectivity index (χ3v) is 10.6. The highest BCUT2D eigenvalue weighted by molar-refractivity contribution is 6.28. The first-order valence-electron chi connectivity index (χ1n) is 16.9. The number of hydrogen-bond donors (Lipinski definition) is 0. The maximum absolute atomic E-state index is 6.50. The Labute approximate surface area is 283 Å². The number of benzene rings is 10. The fraction of sp³-hybridized carbons (Fsp3) is 0. The Morgan fingerprint density at radius 3 is 1.63 bits per heavy atom. The molecule has 0 N–H and O–H groups in total. The van der Waals surface area contributed by atoms with Gasteiger partial charge in [0.1, 0.15) is 11.5 Å². The molecule has 0 radical (unpaired) electrons. The lowest BCUT2D eigenvalue weighted by Gasteiger charge is -2.23. The Morgan fingerprint density at radius 2 is 0.878 bits per heavy atom. The van der Waals surface area contributed by atoms with Gasteiger partial charge in [-0.05, 0) is 111 Å². The van der Waals surface area contributed by atoms with Crippen LogP contribution >= 0.6 is 0 Å². The second kappa shape index (κ2) is 10.0. The van der Waals surface area contributed by atoms with E-state index in [1.54, 1.807) is 0 Å². The molecule has 0 unspecified atom stereocenters. The molecule has 11 rings (SSSR count). The zero-order chi connectivity index (χ0) is 32.1. The molecule has 1 heterocycles. The van der Waals surface area contributed by atoms with Gasteiger partial charge in [-0.15, -0.1) is 0 Å². The summed E-state index contributed by atoms with van der Waals surface area (Å²) < 4.78 is 6.50. The number of rotatable bonds is 2. The van der Waals surface area contributed by atoms with Gasteiger partial charge in [-0.1, -0.05) is 146 Å². The van der Waals surface area contributed by atoms with E-state index in [4.69, 9.17) is 4.74 Å². The van der Waals surface area contributed by atoms with Crippen molar-refractivity contribution in [1.82, 2.24) is 0 Å². The van der Waals surface area contributed by atoms with Gasteiger partial charge in [-0.25, -0.2) is 0 Å². The molecule has 0 fully saturated rings. The monoisotopic (exact) mass is 620 g/mol. The summed E-state index contributed by atoms with van der Waals surface area (Å²) in [5, 5.41) is 15.1. The van der Waals surface area contributed by atoms with Crippen molar-refractivity contribution in [2.45, 2.75) is 0 Å². The van der Waals surface area contributed by atoms with Crippen LogP contribution in [0.25, 0.3) is 98.0 Å². The van der Waals surface area contributed by atoms with Crippen LogP contribution in [-0.2, 0) is 0 Å². The summed E-state index contributed by atoms with van der Waals surface area (Å²) in [6, 6.07) is 62.1. The van der Waals surface area contributed by atoms with Crippen LogP contribution < -0.4 is 4.74 Å². The molecule has 49 heavy (non-hydrogen) atoms. The van der Waals surface area contributed by atoms with Crippen LogP contribution in [0.2, 0.25) is 0 Å². The van der Waals surface area contributed by atoms with Crippen LogP contribution in [0.5, 0.6) is 11.5 Å². The molecule has 0 spiro atoms. The van der Waals surface area contributed by atoms with E-state index in [0.29, 0.717) is 0 Å². The Balaban J connectivity index is 1.23. The highest BCUT2D eigenvalue weighted by Gasteiger charge is 2.23. The van der Waals surface area contributed by atoms with Crippen LogP contribution in [0.3, 0.4) is 0 Å². The number of hydrogen-bond acceptors (Lipinski definition) is 1. The van der Waals surface area contributed by atoms with E-state index in [9.17, 15) is 0 Å². The molecule has 0 aromatic heterocycles. The first kappa shape index (κ1) is 26.6. The SMILES string of the molecule is c1cc2c3c(cccc3c1)-c1cc(-c3c4ccccc4c(-c4cc5ccc6ccccc6c5c5ccccc45)c4ccccc34)ccc1O2. The third kappa shape index (κ3) is 3.76. The van der Waals surface area contributed by atoms with Crippen molar-refractivity contribution in [2.24, 2.45) is 0 Å². The fourth-order valence-electron chi connectivity index (χ4n) is 8.53. The van der Waals surface area contributed by atoms with Gasteiger partial charge in [0, 0.05) is 10.9 Å². The van der Waals surface area contributed by atoms with E-state index >= 15 is 0 Å². The predicted octanol–water partition coefficient (Wildman–Crippen LogP) is 13.7. The van der Waals surface area contributed by atoms with Gasteiger partial charge >= 0.3 is 0 Å². The second-order valence-corrected chi connectivity index (χ2v) is 13.2. The molecular formula is C48H28O. The molecule has 0 bridgehead atoms. The van der Waals surface area contributed by atoms with Gasteiger partial charge in [-0.2, -0.15) is 0 Å². The molecule has 0 amide bonds. The summed E-state index contributed by atoms with van der Waals surface area (Å²) in [4.78, 5) is 0. The molecule has 1 nitrogen and oxygen atoms in total. The summed E-state index contributed by atoms with van der Waals surface area (Å²) in [6.45, 7) is 0. The lowest BCUT2D eigenvalue weighted by atomic mass is 9.83. The van der Waals surface area contributed by atoms with Gasteiger partial charge < -0.3 is 4.74 Å². The first-order valence-corrected chi connectivity index (χ1v) is 16.9. The third-order valence-electron chi connectivity index (χ3n) is 10.6. The van der Waals surface area contributed by atoms with E-state index in [1.807, 2.05) is 0 Å². The summed E-state index contributed by atoms with van der Waals surface area (Å²) in [6.07, 6.45) is 0. The molecule has 0 aliphatic carbocycles. The second-order valence-electron chi connectivity index (χ2n) is 13.2. The quantitative estimate of drug-likeness (QED) is 0.138. The molecular weight excluding hydrogens is 593 g/mol. The van der Waals surface area contributed by atoms with Crippen LogP contribution in [0, 0.1) is 0 Å². The lowest BCUT2D eigenvalue weighted by Crippen LogP contribution is -1.98. The van der Waals surface area contributed by atoms with E-state index in [1.165, 1.54) is 92.5 Å². The van der Waals surface area contributed by atoms with Crippen molar-refractivity contribution in [3.8, 4) is 44.9 Å². The zero-order valence-corrected chi connectivity index (χ0v) is 26.6. The largest absolute Gasteiger partial charge is 0.456 e. The summed E-state index contributed by atoms with van der Waals surface area (Å²) in [7, 11) is 0. The molecule has 0 atom stereocenters. The van der Waals surface area contributed by atoms with Crippen molar-refractivity contribution in [1.29, 1.82) is 0 Å². The van der Waals surface area contributed by atoms with Gasteiger partial charge in [0.05, 0.1) is 0 Å². The Hall–Kier alpha value is -6.44. The summed E-state index contributed by atoms with van der Waals surface area (Å²) in [5.74, 6) is 1.82. The Kier molecular flexibility index (Phi) is 5.45. The van der Waals surface area contributed by atoms with Gasteiger partial charge in [0.2, 0.25) is 0 Å². The maximum atomic E-state index is 6.50. The molecule has 10 aromatic rings. The van der Waals surface area contributed by atoms with Crippen molar-refractivity contribution >= 4 is 64.6 Å². The molecule has 10 aromatic carbocycles. The predicted molar refractivity (Wildman–Crippen MR) is 208 cm³/mol. The minimum absolute atomic E-state index is 0.898. The van der Waals surface area contributed by atoms with Crippen molar-refractivity contribution in [2.75, 3.05) is 0 Å². The fourth-order valence-corrected chi connectivity index (χ4v) is 8.53. The van der Waals surface area contributed by atoms with Crippen molar-refractivity contribution in [3.05, 3.63) is 170 Å². The van der Waals surface area contributed by atoms with Gasteiger partial charge in [0.25, 0.3) is 0 Å². The minimum atomic E-state index is 0.898. The van der Waals surface area contributed by atoms with Crippen LogP contribution in [0.4, 0.5) is 0 Å². The van der Waals surface area contributed by atoms with E-state index < -0.39 is 0 Å². The van der Waals surface area contributed by atoms with E-state index in [2.05, 4.69) is 170 Å². The Bertz CT molecular complexity index is 2960. The lowest BCUT2D eigenvalue weighted by molar-refractivity contribution is 0.487. The van der Waals surface area contributed by atoms with Crippen LogP contribution in [-0.4, -0.2) is 0 Å². The normalized spacial score (nSPS) is 12.2.